The third kappa shape index (κ3) is 3.99. The zero-order chi connectivity index (χ0) is 20.5. The molecule has 2 aliphatic heterocycles. The Labute approximate surface area is 168 Å². The monoisotopic (exact) mass is 396 g/mol. The fraction of sp³-hybridized carbons (Fsp3) is 0.409. The summed E-state index contributed by atoms with van der Waals surface area (Å²) in [6, 6.07) is 12.5. The number of halogens is 2. The lowest BCUT2D eigenvalue weighted by Crippen LogP contribution is -2.61. The van der Waals surface area contributed by atoms with Crippen LogP contribution in [0.1, 0.15) is 30.4 Å². The lowest BCUT2D eigenvalue weighted by molar-refractivity contribution is -0.155. The smallest absolute Gasteiger partial charge is 0.261 e. The number of nitrogens with zero attached hydrogens (tertiary/aromatic N) is 4. The minimum atomic E-state index is -2.94. The second-order valence-corrected chi connectivity index (χ2v) is 8.04. The number of alkyl halides is 2. The summed E-state index contributed by atoms with van der Waals surface area (Å²) in [7, 11) is 0. The molecule has 0 bridgehead atoms. The van der Waals surface area contributed by atoms with Crippen molar-refractivity contribution in [2.24, 2.45) is 5.41 Å². The number of hydrogen-bond acceptors (Lipinski definition) is 4. The number of anilines is 1. The number of carbonyl (C=O) groups is 1. The number of benzene rings is 1. The fourth-order valence-electron chi connectivity index (χ4n) is 4.65. The molecule has 4 rings (SSSR count). The van der Waals surface area contributed by atoms with E-state index in [-0.39, 0.29) is 12.5 Å². The summed E-state index contributed by atoms with van der Waals surface area (Å²) in [6.07, 6.45) is 3.98. The third-order valence-corrected chi connectivity index (χ3v) is 5.73. The lowest BCUT2D eigenvalue weighted by Gasteiger charge is -2.49. The summed E-state index contributed by atoms with van der Waals surface area (Å²) >= 11 is 0. The molecular formula is C22H22F2N4O. The van der Waals surface area contributed by atoms with Crippen molar-refractivity contribution in [3.8, 4) is 6.07 Å². The van der Waals surface area contributed by atoms with Gasteiger partial charge in [-0.3, -0.25) is 14.7 Å². The molecule has 7 heteroatoms. The van der Waals surface area contributed by atoms with Crippen LogP contribution < -0.4 is 4.90 Å². The third-order valence-electron chi connectivity index (χ3n) is 5.73. The van der Waals surface area contributed by atoms with Crippen LogP contribution in [0.25, 0.3) is 0 Å². The van der Waals surface area contributed by atoms with Crippen LogP contribution in [0.5, 0.6) is 0 Å². The standard InChI is InChI=1S/C22H22F2N4O/c23-22(24)14-21(15-27(16-22)13-18-5-2-8-26-12-18)7-3-9-28(20(21)29)19-6-1-4-17(10-19)11-25/h1-2,4-6,8,10,12H,3,7,9,13-16H2/t21-/m0/s1. The van der Waals surface area contributed by atoms with Crippen LogP contribution in [0.2, 0.25) is 0 Å². The molecule has 29 heavy (non-hydrogen) atoms. The molecule has 2 aliphatic rings. The maximum absolute atomic E-state index is 14.7. The van der Waals surface area contributed by atoms with Crippen LogP contribution in [0.4, 0.5) is 14.5 Å². The topological polar surface area (TPSA) is 60.2 Å². The maximum atomic E-state index is 14.7. The van der Waals surface area contributed by atoms with Crippen molar-refractivity contribution in [2.75, 3.05) is 24.5 Å². The number of hydrogen-bond donors (Lipinski definition) is 0. The van der Waals surface area contributed by atoms with E-state index in [2.05, 4.69) is 11.1 Å². The highest BCUT2D eigenvalue weighted by atomic mass is 19.3. The first-order valence-electron chi connectivity index (χ1n) is 9.72. The number of aromatic nitrogens is 1. The van der Waals surface area contributed by atoms with Gasteiger partial charge in [-0.15, -0.1) is 0 Å². The molecule has 1 amide bonds. The van der Waals surface area contributed by atoms with Gasteiger partial charge in [0.05, 0.1) is 23.6 Å². The Hall–Kier alpha value is -2.85. The highest BCUT2D eigenvalue weighted by molar-refractivity contribution is 5.98. The lowest BCUT2D eigenvalue weighted by atomic mass is 9.71. The first-order chi connectivity index (χ1) is 13.9. The van der Waals surface area contributed by atoms with Crippen LogP contribution in [-0.2, 0) is 11.3 Å². The Morgan fingerprint density at radius 3 is 2.83 bits per heavy atom. The normalized spacial score (nSPS) is 24.4. The van der Waals surface area contributed by atoms with Gasteiger partial charge in [0.1, 0.15) is 0 Å². The molecule has 0 radical (unpaired) electrons. The Morgan fingerprint density at radius 2 is 2.07 bits per heavy atom. The predicted octanol–water partition coefficient (Wildman–Crippen LogP) is 3.61. The van der Waals surface area contributed by atoms with Crippen molar-refractivity contribution in [2.45, 2.75) is 31.7 Å². The summed E-state index contributed by atoms with van der Waals surface area (Å²) in [5, 5.41) is 9.15. The van der Waals surface area contributed by atoms with Crippen molar-refractivity contribution >= 4 is 11.6 Å². The molecule has 2 aromatic rings. The van der Waals surface area contributed by atoms with E-state index < -0.39 is 17.8 Å². The van der Waals surface area contributed by atoms with E-state index in [9.17, 15) is 13.6 Å². The molecule has 1 atom stereocenters. The summed E-state index contributed by atoms with van der Waals surface area (Å²) < 4.78 is 29.5. The molecule has 2 saturated heterocycles. The number of amides is 1. The average Bonchev–Trinajstić information content (AvgIpc) is 2.70. The van der Waals surface area contributed by atoms with E-state index in [1.54, 1.807) is 52.5 Å². The SMILES string of the molecule is N#Cc1cccc(N2CCC[C@]3(CN(Cc4cccnc4)CC(F)(F)C3)C2=O)c1. The second kappa shape index (κ2) is 7.53. The molecule has 3 heterocycles. The van der Waals surface area contributed by atoms with Gasteiger partial charge < -0.3 is 4.90 Å². The van der Waals surface area contributed by atoms with E-state index in [1.165, 1.54) is 0 Å². The van der Waals surface area contributed by atoms with E-state index >= 15 is 0 Å². The van der Waals surface area contributed by atoms with Crippen molar-refractivity contribution in [1.82, 2.24) is 9.88 Å². The van der Waals surface area contributed by atoms with Crippen LogP contribution in [0.15, 0.2) is 48.8 Å². The highest BCUT2D eigenvalue weighted by Gasteiger charge is 2.55. The van der Waals surface area contributed by atoms with Gasteiger partial charge in [-0.05, 0) is 42.7 Å². The molecular weight excluding hydrogens is 374 g/mol. The van der Waals surface area contributed by atoms with Gasteiger partial charge in [-0.2, -0.15) is 5.26 Å². The number of rotatable bonds is 3. The first kappa shape index (κ1) is 19.5. The Kier molecular flexibility index (Phi) is 5.05. The van der Waals surface area contributed by atoms with Crippen LogP contribution in [-0.4, -0.2) is 41.3 Å². The van der Waals surface area contributed by atoms with E-state index in [0.29, 0.717) is 43.7 Å². The number of pyridine rings is 1. The van der Waals surface area contributed by atoms with Crippen molar-refractivity contribution in [1.29, 1.82) is 5.26 Å². The fourth-order valence-corrected chi connectivity index (χ4v) is 4.65. The number of carbonyl (C=O) groups excluding carboxylic acids is 1. The molecule has 150 valence electrons. The molecule has 0 aliphatic carbocycles. The van der Waals surface area contributed by atoms with Gasteiger partial charge in [0.25, 0.3) is 5.92 Å². The van der Waals surface area contributed by atoms with Gasteiger partial charge in [0.15, 0.2) is 0 Å². The second-order valence-electron chi connectivity index (χ2n) is 8.04. The minimum absolute atomic E-state index is 0.269. The van der Waals surface area contributed by atoms with Crippen LogP contribution in [0.3, 0.4) is 0 Å². The zero-order valence-electron chi connectivity index (χ0n) is 16.0. The highest BCUT2D eigenvalue weighted by Crippen LogP contribution is 2.46. The zero-order valence-corrected chi connectivity index (χ0v) is 16.0. The summed E-state index contributed by atoms with van der Waals surface area (Å²) in [5.74, 6) is -3.21. The minimum Gasteiger partial charge on any atom is -0.312 e. The molecule has 2 fully saturated rings. The van der Waals surface area contributed by atoms with Gasteiger partial charge in [0, 0.05) is 44.1 Å². The summed E-state index contributed by atoms with van der Waals surface area (Å²) in [6.45, 7) is 0.748. The Bertz CT molecular complexity index is 943. The van der Waals surface area contributed by atoms with Gasteiger partial charge in [0.2, 0.25) is 5.91 Å². The summed E-state index contributed by atoms with van der Waals surface area (Å²) in [5.41, 5.74) is 0.773. The van der Waals surface area contributed by atoms with Crippen molar-refractivity contribution in [3.63, 3.8) is 0 Å². The molecule has 1 spiro atoms. The molecule has 0 N–H and O–H groups in total. The van der Waals surface area contributed by atoms with Crippen molar-refractivity contribution in [3.05, 3.63) is 59.9 Å². The van der Waals surface area contributed by atoms with Gasteiger partial charge >= 0.3 is 0 Å². The Morgan fingerprint density at radius 1 is 1.21 bits per heavy atom. The summed E-state index contributed by atoms with van der Waals surface area (Å²) in [4.78, 5) is 20.8. The van der Waals surface area contributed by atoms with E-state index in [4.69, 9.17) is 5.26 Å². The molecule has 1 aromatic carbocycles. The Balaban J connectivity index is 1.62. The number of nitriles is 1. The first-order valence-corrected chi connectivity index (χ1v) is 9.72. The predicted molar refractivity (Wildman–Crippen MR) is 104 cm³/mol. The quantitative estimate of drug-likeness (QED) is 0.795. The van der Waals surface area contributed by atoms with Crippen LogP contribution >= 0.6 is 0 Å². The van der Waals surface area contributed by atoms with Crippen molar-refractivity contribution < 1.29 is 13.6 Å². The largest absolute Gasteiger partial charge is 0.312 e. The van der Waals surface area contributed by atoms with Crippen LogP contribution in [0, 0.1) is 16.7 Å². The van der Waals surface area contributed by atoms with Gasteiger partial charge in [-0.25, -0.2) is 8.78 Å². The van der Waals surface area contributed by atoms with E-state index in [0.717, 1.165) is 5.56 Å². The molecule has 0 saturated carbocycles. The molecule has 0 unspecified atom stereocenters. The molecule has 1 aromatic heterocycles. The van der Waals surface area contributed by atoms with Gasteiger partial charge in [-0.1, -0.05) is 12.1 Å². The number of piperidine rings is 2. The maximum Gasteiger partial charge on any atom is 0.261 e. The number of likely N-dealkylation sites (tertiary alicyclic amines) is 1. The molecule has 5 nitrogen and oxygen atoms in total. The van der Waals surface area contributed by atoms with E-state index in [1.807, 2.05) is 6.07 Å². The average molecular weight is 396 g/mol.